The summed E-state index contributed by atoms with van der Waals surface area (Å²) in [6, 6.07) is 0. The number of hydrogen-bond donors (Lipinski definition) is 3. The Morgan fingerprint density at radius 2 is 1.67 bits per heavy atom. The molecular formula is C6H8O6. The molecule has 0 amide bonds. The molecule has 0 spiro atoms. The third kappa shape index (κ3) is 2.67. The van der Waals surface area contributed by atoms with E-state index in [9.17, 15) is 14.4 Å². The zero-order chi connectivity index (χ0) is 9.94. The molecule has 0 saturated carbocycles. The van der Waals surface area contributed by atoms with Gasteiger partial charge < -0.3 is 15.3 Å². The van der Waals surface area contributed by atoms with E-state index in [0.717, 1.165) is 6.92 Å². The van der Waals surface area contributed by atoms with Gasteiger partial charge in [-0.1, -0.05) is 0 Å². The van der Waals surface area contributed by atoms with Gasteiger partial charge >= 0.3 is 11.9 Å². The number of carboxylic acid groups (broad SMARTS) is 2. The summed E-state index contributed by atoms with van der Waals surface area (Å²) in [6.45, 7) is 0.857. The second-order valence-corrected chi connectivity index (χ2v) is 2.48. The maximum absolute atomic E-state index is 10.4. The molecule has 0 saturated heterocycles. The Morgan fingerprint density at radius 1 is 1.25 bits per heavy atom. The van der Waals surface area contributed by atoms with Crippen molar-refractivity contribution in [1.29, 1.82) is 0 Å². The summed E-state index contributed by atoms with van der Waals surface area (Å²) in [4.78, 5) is 30.6. The molecule has 68 valence electrons. The summed E-state index contributed by atoms with van der Waals surface area (Å²) >= 11 is 0. The average Bonchev–Trinajstić information content (AvgIpc) is 1.85. The quantitative estimate of drug-likeness (QED) is 0.467. The summed E-state index contributed by atoms with van der Waals surface area (Å²) in [5.74, 6) is -4.71. The van der Waals surface area contributed by atoms with Crippen LogP contribution in [0.2, 0.25) is 0 Å². The smallest absolute Gasteiger partial charge is 0.372 e. The fourth-order valence-electron chi connectivity index (χ4n) is 0.464. The van der Waals surface area contributed by atoms with Gasteiger partial charge in [-0.25, -0.2) is 9.59 Å². The SMILES string of the molecule is C[C@@](O)(CC(=O)C(=O)O)C(=O)O. The van der Waals surface area contributed by atoms with E-state index in [4.69, 9.17) is 15.3 Å². The van der Waals surface area contributed by atoms with Crippen LogP contribution in [0.5, 0.6) is 0 Å². The lowest BCUT2D eigenvalue weighted by atomic mass is 10.00. The van der Waals surface area contributed by atoms with Crippen molar-refractivity contribution in [2.45, 2.75) is 18.9 Å². The highest BCUT2D eigenvalue weighted by molar-refractivity contribution is 6.33. The number of rotatable bonds is 4. The minimum Gasteiger partial charge on any atom is -0.479 e. The number of ketones is 1. The van der Waals surface area contributed by atoms with E-state index in [0.29, 0.717) is 0 Å². The molecule has 0 fully saturated rings. The van der Waals surface area contributed by atoms with E-state index in [-0.39, 0.29) is 0 Å². The highest BCUT2D eigenvalue weighted by atomic mass is 16.4. The number of carbonyl (C=O) groups excluding carboxylic acids is 1. The number of aliphatic carboxylic acids is 2. The highest BCUT2D eigenvalue weighted by Gasteiger charge is 2.34. The maximum atomic E-state index is 10.4. The minimum absolute atomic E-state index is 0.857. The van der Waals surface area contributed by atoms with Crippen LogP contribution in [0, 0.1) is 0 Å². The summed E-state index contributed by atoms with van der Waals surface area (Å²) in [6.07, 6.45) is -0.933. The number of Topliss-reactive ketones (excluding diaryl/α,β-unsaturated/α-hetero) is 1. The van der Waals surface area contributed by atoms with Gasteiger partial charge in [0.1, 0.15) is 0 Å². The van der Waals surface area contributed by atoms with Crippen molar-refractivity contribution in [3.63, 3.8) is 0 Å². The molecule has 0 bridgehead atoms. The molecule has 1 atom stereocenters. The molecule has 12 heavy (non-hydrogen) atoms. The topological polar surface area (TPSA) is 112 Å². The largest absolute Gasteiger partial charge is 0.479 e. The summed E-state index contributed by atoms with van der Waals surface area (Å²) < 4.78 is 0. The second-order valence-electron chi connectivity index (χ2n) is 2.48. The van der Waals surface area contributed by atoms with Crippen LogP contribution in [0.4, 0.5) is 0 Å². The first-order valence-electron chi connectivity index (χ1n) is 2.99. The van der Waals surface area contributed by atoms with E-state index in [1.165, 1.54) is 0 Å². The van der Waals surface area contributed by atoms with E-state index in [1.54, 1.807) is 0 Å². The normalized spacial score (nSPS) is 14.8. The third-order valence-corrected chi connectivity index (χ3v) is 1.20. The van der Waals surface area contributed by atoms with Crippen molar-refractivity contribution in [2.75, 3.05) is 0 Å². The van der Waals surface area contributed by atoms with Gasteiger partial charge in [0.25, 0.3) is 0 Å². The summed E-state index contributed by atoms with van der Waals surface area (Å²) in [5.41, 5.74) is -2.31. The van der Waals surface area contributed by atoms with Crippen LogP contribution in [0.3, 0.4) is 0 Å². The fourth-order valence-corrected chi connectivity index (χ4v) is 0.464. The van der Waals surface area contributed by atoms with Crippen molar-refractivity contribution in [3.05, 3.63) is 0 Å². The Bertz CT molecular complexity index is 228. The van der Waals surface area contributed by atoms with Gasteiger partial charge in [0.2, 0.25) is 5.78 Å². The number of carbonyl (C=O) groups is 3. The average molecular weight is 176 g/mol. The standard InChI is InChI=1S/C6H8O6/c1-6(12,5(10)11)2-3(7)4(8)9/h12H,2H2,1H3,(H,8,9)(H,10,11)/t6-/m1/s1. The van der Waals surface area contributed by atoms with Crippen LogP contribution in [0.1, 0.15) is 13.3 Å². The maximum Gasteiger partial charge on any atom is 0.372 e. The molecule has 0 rings (SSSR count). The lowest BCUT2D eigenvalue weighted by Crippen LogP contribution is -2.38. The van der Waals surface area contributed by atoms with Crippen LogP contribution in [-0.2, 0) is 14.4 Å². The molecule has 0 aromatic carbocycles. The molecule has 0 unspecified atom stereocenters. The first-order chi connectivity index (χ1) is 5.27. The van der Waals surface area contributed by atoms with Crippen molar-refractivity contribution in [1.82, 2.24) is 0 Å². The fraction of sp³-hybridized carbons (Fsp3) is 0.500. The monoisotopic (exact) mass is 176 g/mol. The zero-order valence-corrected chi connectivity index (χ0v) is 6.27. The molecule has 0 aromatic rings. The number of hydrogen-bond acceptors (Lipinski definition) is 4. The molecule has 0 aliphatic heterocycles. The van der Waals surface area contributed by atoms with Crippen LogP contribution in [0.25, 0.3) is 0 Å². The Balaban J connectivity index is 4.35. The van der Waals surface area contributed by atoms with Crippen molar-refractivity contribution >= 4 is 17.7 Å². The summed E-state index contributed by atoms with van der Waals surface area (Å²) in [5, 5.41) is 25.3. The van der Waals surface area contributed by atoms with E-state index in [2.05, 4.69) is 0 Å². The molecule has 0 heterocycles. The van der Waals surface area contributed by atoms with Crippen LogP contribution in [-0.4, -0.2) is 38.6 Å². The zero-order valence-electron chi connectivity index (χ0n) is 6.27. The highest BCUT2D eigenvalue weighted by Crippen LogP contribution is 2.09. The Morgan fingerprint density at radius 3 is 1.92 bits per heavy atom. The van der Waals surface area contributed by atoms with Gasteiger partial charge in [-0.05, 0) is 6.92 Å². The minimum atomic E-state index is -2.31. The number of carboxylic acids is 2. The van der Waals surface area contributed by atoms with Gasteiger partial charge in [-0.2, -0.15) is 0 Å². The molecule has 0 aliphatic rings. The Labute approximate surface area is 67.4 Å². The first-order valence-corrected chi connectivity index (χ1v) is 2.99. The molecule has 0 radical (unpaired) electrons. The van der Waals surface area contributed by atoms with Crippen LogP contribution >= 0.6 is 0 Å². The Kier molecular flexibility index (Phi) is 2.92. The van der Waals surface area contributed by atoms with Crippen molar-refractivity contribution < 1.29 is 29.7 Å². The van der Waals surface area contributed by atoms with E-state index < -0.39 is 29.7 Å². The molecule has 6 heteroatoms. The van der Waals surface area contributed by atoms with Crippen LogP contribution < -0.4 is 0 Å². The molecule has 6 nitrogen and oxygen atoms in total. The predicted molar refractivity (Wildman–Crippen MR) is 35.5 cm³/mol. The van der Waals surface area contributed by atoms with E-state index >= 15 is 0 Å². The lowest BCUT2D eigenvalue weighted by molar-refractivity contribution is -0.162. The van der Waals surface area contributed by atoms with Crippen LogP contribution in [0.15, 0.2) is 0 Å². The van der Waals surface area contributed by atoms with Gasteiger partial charge in [0.05, 0.1) is 6.42 Å². The third-order valence-electron chi connectivity index (χ3n) is 1.20. The van der Waals surface area contributed by atoms with Crippen molar-refractivity contribution in [2.24, 2.45) is 0 Å². The molecule has 0 aliphatic carbocycles. The molecular weight excluding hydrogens is 168 g/mol. The first kappa shape index (κ1) is 10.6. The number of aliphatic hydroxyl groups is 1. The van der Waals surface area contributed by atoms with Crippen molar-refractivity contribution in [3.8, 4) is 0 Å². The second kappa shape index (κ2) is 3.31. The van der Waals surface area contributed by atoms with Gasteiger partial charge in [-0.3, -0.25) is 4.79 Å². The lowest BCUT2D eigenvalue weighted by Gasteiger charge is -2.14. The Hall–Kier alpha value is -1.43. The predicted octanol–water partition coefficient (Wildman–Crippen LogP) is -1.13. The van der Waals surface area contributed by atoms with Gasteiger partial charge in [-0.15, -0.1) is 0 Å². The van der Waals surface area contributed by atoms with Gasteiger partial charge in [0, 0.05) is 0 Å². The summed E-state index contributed by atoms with van der Waals surface area (Å²) in [7, 11) is 0. The van der Waals surface area contributed by atoms with Gasteiger partial charge in [0.15, 0.2) is 5.60 Å². The molecule has 0 aromatic heterocycles. The van der Waals surface area contributed by atoms with E-state index in [1.807, 2.05) is 0 Å². The molecule has 3 N–H and O–H groups in total.